The molecule has 0 aromatic rings. The van der Waals surface area contributed by atoms with Gasteiger partial charge in [-0.25, -0.2) is 0 Å². The second kappa shape index (κ2) is 20.6. The van der Waals surface area contributed by atoms with Crippen molar-refractivity contribution in [2.24, 2.45) is 29.1 Å². The molecule has 0 bridgehead atoms. The van der Waals surface area contributed by atoms with Gasteiger partial charge in [0.15, 0.2) is 0 Å². The van der Waals surface area contributed by atoms with Crippen molar-refractivity contribution in [3.05, 3.63) is 0 Å². The predicted molar refractivity (Wildman–Crippen MR) is 214 cm³/mol. The molecule has 0 amide bonds. The summed E-state index contributed by atoms with van der Waals surface area (Å²) in [5, 5.41) is 25.1. The van der Waals surface area contributed by atoms with Gasteiger partial charge >= 0.3 is 11.9 Å². The van der Waals surface area contributed by atoms with Crippen LogP contribution in [0.4, 0.5) is 0 Å². The Labute approximate surface area is 320 Å². The normalized spacial score (nSPS) is 21.3. The Kier molecular flexibility index (Phi) is 18.6. The molecule has 8 heteroatoms. The Bertz CT molecular complexity index is 971. The van der Waals surface area contributed by atoms with Crippen LogP contribution in [-0.4, -0.2) is 67.6 Å². The zero-order valence-electron chi connectivity index (χ0n) is 36.1. The molecule has 8 nitrogen and oxygen atoms in total. The van der Waals surface area contributed by atoms with Crippen LogP contribution in [-0.2, 0) is 19.3 Å². The molecule has 2 saturated heterocycles. The van der Waals surface area contributed by atoms with Crippen molar-refractivity contribution in [2.45, 2.75) is 227 Å². The molecule has 0 radical (unpaired) electrons. The van der Waals surface area contributed by atoms with Gasteiger partial charge in [0, 0.05) is 28.6 Å². The minimum atomic E-state index is -0.893. The summed E-state index contributed by atoms with van der Waals surface area (Å²) in [6.45, 7) is 28.5. The number of hydrogen-bond acceptors (Lipinski definition) is 6. The van der Waals surface area contributed by atoms with Crippen molar-refractivity contribution in [1.82, 2.24) is 10.1 Å². The van der Waals surface area contributed by atoms with E-state index >= 15 is 0 Å². The third kappa shape index (κ3) is 13.8. The van der Waals surface area contributed by atoms with E-state index < -0.39 is 17.4 Å². The minimum absolute atomic E-state index is 0.0158. The molecule has 0 spiro atoms. The van der Waals surface area contributed by atoms with Crippen LogP contribution < -0.4 is 0 Å². The molecule has 2 aliphatic rings. The zero-order chi connectivity index (χ0) is 39.4. The van der Waals surface area contributed by atoms with E-state index in [1.165, 1.54) is 38.5 Å². The molecule has 0 atom stereocenters. The lowest BCUT2D eigenvalue weighted by Crippen LogP contribution is -2.67. The summed E-state index contributed by atoms with van der Waals surface area (Å²) >= 11 is 0. The first-order valence-electron chi connectivity index (χ1n) is 21.4. The highest BCUT2D eigenvalue weighted by atomic mass is 16.7. The van der Waals surface area contributed by atoms with E-state index in [9.17, 15) is 14.7 Å². The SMILES string of the molecule is CC(C)CCCCCON1C(C)(C)CC(C(CCCCCCCC(=O)O)(C(=O)O)C2CC(C)(C)N(OCCCCCC(C)C)C(C)(C)C2)CC1(C)C. The first-order chi connectivity index (χ1) is 24.1. The van der Waals surface area contributed by atoms with E-state index in [1.807, 2.05) is 0 Å². The van der Waals surface area contributed by atoms with Crippen LogP contribution >= 0.6 is 0 Å². The summed E-state index contributed by atoms with van der Waals surface area (Å²) in [6.07, 6.45) is 17.5. The van der Waals surface area contributed by atoms with Crippen molar-refractivity contribution in [2.75, 3.05) is 13.2 Å². The van der Waals surface area contributed by atoms with Crippen LogP contribution in [0.2, 0.25) is 0 Å². The van der Waals surface area contributed by atoms with E-state index in [1.54, 1.807) is 0 Å². The van der Waals surface area contributed by atoms with Gasteiger partial charge in [0.2, 0.25) is 0 Å². The molecule has 306 valence electrons. The Morgan fingerprint density at radius 1 is 0.577 bits per heavy atom. The fraction of sp³-hybridized carbons (Fsp3) is 0.955. The van der Waals surface area contributed by atoms with Gasteiger partial charge in [0.05, 0.1) is 18.6 Å². The lowest BCUT2D eigenvalue weighted by atomic mass is 9.52. The number of nitrogens with zero attached hydrogens (tertiary/aromatic N) is 2. The van der Waals surface area contributed by atoms with Crippen LogP contribution in [0.5, 0.6) is 0 Å². The molecule has 2 N–H and O–H groups in total. The van der Waals surface area contributed by atoms with E-state index in [2.05, 4.69) is 93.2 Å². The maximum absolute atomic E-state index is 14.2. The highest BCUT2D eigenvalue weighted by Gasteiger charge is 2.61. The lowest BCUT2D eigenvalue weighted by molar-refractivity contribution is -0.307. The summed E-state index contributed by atoms with van der Waals surface area (Å²) < 4.78 is 0. The number of carboxylic acids is 2. The molecule has 2 fully saturated rings. The first kappa shape index (κ1) is 46.9. The second-order valence-electron chi connectivity index (χ2n) is 20.2. The highest BCUT2D eigenvalue weighted by Crippen LogP contribution is 2.58. The lowest BCUT2D eigenvalue weighted by Gasteiger charge is -2.61. The van der Waals surface area contributed by atoms with E-state index in [0.717, 1.165) is 76.0 Å². The fourth-order valence-corrected chi connectivity index (χ4v) is 10.4. The first-order valence-corrected chi connectivity index (χ1v) is 21.4. The van der Waals surface area contributed by atoms with Crippen molar-refractivity contribution < 1.29 is 29.5 Å². The van der Waals surface area contributed by atoms with Gasteiger partial charge in [-0.3, -0.25) is 19.3 Å². The summed E-state index contributed by atoms with van der Waals surface area (Å²) in [5.74, 6) is 0.0267. The third-order valence-electron chi connectivity index (χ3n) is 12.3. The van der Waals surface area contributed by atoms with Gasteiger partial charge in [-0.1, -0.05) is 91.9 Å². The molecule has 0 aromatic heterocycles. The fourth-order valence-electron chi connectivity index (χ4n) is 10.4. The van der Waals surface area contributed by atoms with Gasteiger partial charge in [-0.05, 0) is 130 Å². The van der Waals surface area contributed by atoms with E-state index in [-0.39, 0.29) is 40.4 Å². The van der Waals surface area contributed by atoms with Crippen LogP contribution in [0.25, 0.3) is 0 Å². The largest absolute Gasteiger partial charge is 0.481 e. The number of hydroxylamine groups is 4. The molecule has 0 aliphatic carbocycles. The molecule has 2 rings (SSSR count). The molecule has 2 heterocycles. The van der Waals surface area contributed by atoms with Crippen LogP contribution in [0.1, 0.15) is 205 Å². The Morgan fingerprint density at radius 3 is 1.27 bits per heavy atom. The van der Waals surface area contributed by atoms with E-state index in [4.69, 9.17) is 14.8 Å². The van der Waals surface area contributed by atoms with Crippen molar-refractivity contribution >= 4 is 11.9 Å². The monoisotopic (exact) mass is 737 g/mol. The average molecular weight is 737 g/mol. The molecule has 0 saturated carbocycles. The number of rotatable bonds is 25. The number of carboxylic acid groups (broad SMARTS) is 2. The maximum atomic E-state index is 14.2. The molecule has 0 aromatic carbocycles. The van der Waals surface area contributed by atoms with Crippen molar-refractivity contribution in [1.29, 1.82) is 0 Å². The summed E-state index contributed by atoms with van der Waals surface area (Å²) in [4.78, 5) is 38.4. The molecule has 2 aliphatic heterocycles. The number of aliphatic carboxylic acids is 2. The molecule has 0 unspecified atom stereocenters. The standard InChI is InChI=1S/C44H84N2O6/c1-34(2)24-18-16-22-28-51-45-40(5,6)30-36(31-41(45,7)8)44(39(49)50,27-21-15-13-14-20-26-38(47)48)37-32-42(9,10)46(43(11,12)33-37)52-29-23-17-19-25-35(3)4/h34-37H,13-33H2,1-12H3,(H,47,48)(H,49,50). The van der Waals surface area contributed by atoms with Crippen LogP contribution in [0.3, 0.4) is 0 Å². The zero-order valence-corrected chi connectivity index (χ0v) is 36.1. The highest BCUT2D eigenvalue weighted by molar-refractivity contribution is 5.76. The maximum Gasteiger partial charge on any atom is 0.310 e. The third-order valence-corrected chi connectivity index (χ3v) is 12.3. The quantitative estimate of drug-likeness (QED) is 0.0894. The topological polar surface area (TPSA) is 99.5 Å². The van der Waals surface area contributed by atoms with Crippen LogP contribution in [0.15, 0.2) is 0 Å². The van der Waals surface area contributed by atoms with Gasteiger partial charge < -0.3 is 10.2 Å². The number of piperidine rings is 2. The molecule has 52 heavy (non-hydrogen) atoms. The average Bonchev–Trinajstić information content (AvgIpc) is 2.98. The Morgan fingerprint density at radius 2 is 0.923 bits per heavy atom. The van der Waals surface area contributed by atoms with E-state index in [0.29, 0.717) is 26.1 Å². The Hall–Kier alpha value is -1.22. The number of unbranched alkanes of at least 4 members (excludes halogenated alkanes) is 8. The summed E-state index contributed by atoms with van der Waals surface area (Å²) in [7, 11) is 0. The Balaban J connectivity index is 2.35. The van der Waals surface area contributed by atoms with Crippen molar-refractivity contribution in [3.63, 3.8) is 0 Å². The summed E-state index contributed by atoms with van der Waals surface area (Å²) in [6, 6.07) is 0. The van der Waals surface area contributed by atoms with Crippen LogP contribution in [0, 0.1) is 29.1 Å². The number of carbonyl (C=O) groups is 2. The minimum Gasteiger partial charge on any atom is -0.481 e. The predicted octanol–water partition coefficient (Wildman–Crippen LogP) is 11.7. The van der Waals surface area contributed by atoms with Crippen molar-refractivity contribution in [3.8, 4) is 0 Å². The molecular formula is C44H84N2O6. The second-order valence-corrected chi connectivity index (χ2v) is 20.2. The van der Waals surface area contributed by atoms with Gasteiger partial charge in [0.25, 0.3) is 0 Å². The summed E-state index contributed by atoms with van der Waals surface area (Å²) in [5.41, 5.74) is -2.20. The number of hydrogen-bond donors (Lipinski definition) is 2. The molecular weight excluding hydrogens is 652 g/mol. The van der Waals surface area contributed by atoms with Gasteiger partial charge in [0.1, 0.15) is 0 Å². The smallest absolute Gasteiger partial charge is 0.310 e. The van der Waals surface area contributed by atoms with Gasteiger partial charge in [-0.15, -0.1) is 0 Å². The van der Waals surface area contributed by atoms with Gasteiger partial charge in [-0.2, -0.15) is 10.1 Å².